The van der Waals surface area contributed by atoms with Gasteiger partial charge in [0.2, 0.25) is 0 Å². The highest BCUT2D eigenvalue weighted by molar-refractivity contribution is 5.48. The summed E-state index contributed by atoms with van der Waals surface area (Å²) < 4.78 is 27.5. The van der Waals surface area contributed by atoms with Crippen LogP contribution in [-0.2, 0) is 0 Å². The SMILES string of the molecule is CCC1=CNCC(C(=C\NC)/C(F)=C\C/C=C\C(F)=C\CO)=C1. The van der Waals surface area contributed by atoms with Gasteiger partial charge in [0.25, 0.3) is 0 Å². The molecule has 0 aliphatic carbocycles. The number of nitrogens with one attached hydrogen (secondary N) is 2. The molecule has 0 amide bonds. The molecule has 0 spiro atoms. The maximum atomic E-state index is 14.4. The van der Waals surface area contributed by atoms with Gasteiger partial charge >= 0.3 is 0 Å². The van der Waals surface area contributed by atoms with Crippen LogP contribution in [0.1, 0.15) is 19.8 Å². The van der Waals surface area contributed by atoms with Crippen molar-refractivity contribution in [3.63, 3.8) is 0 Å². The lowest BCUT2D eigenvalue weighted by molar-refractivity contribution is 0.339. The number of hydrogen-bond acceptors (Lipinski definition) is 3. The monoisotopic (exact) mass is 322 g/mol. The Morgan fingerprint density at radius 2 is 2.17 bits per heavy atom. The van der Waals surface area contributed by atoms with E-state index in [4.69, 9.17) is 5.11 Å². The third kappa shape index (κ3) is 6.65. The summed E-state index contributed by atoms with van der Waals surface area (Å²) in [5, 5.41) is 14.5. The highest BCUT2D eigenvalue weighted by Crippen LogP contribution is 2.24. The number of aliphatic hydroxyl groups excluding tert-OH is 1. The lowest BCUT2D eigenvalue weighted by Gasteiger charge is -2.17. The quantitative estimate of drug-likeness (QED) is 0.599. The van der Waals surface area contributed by atoms with Crippen molar-refractivity contribution >= 4 is 0 Å². The number of rotatable bonds is 8. The Labute approximate surface area is 136 Å². The molecule has 0 atom stereocenters. The molecule has 1 heterocycles. The van der Waals surface area contributed by atoms with Gasteiger partial charge in [-0.2, -0.15) is 0 Å². The Morgan fingerprint density at radius 3 is 2.83 bits per heavy atom. The van der Waals surface area contributed by atoms with Crippen molar-refractivity contribution in [3.8, 4) is 0 Å². The fraction of sp³-hybridized carbons (Fsp3) is 0.333. The molecule has 1 aliphatic heterocycles. The molecule has 0 radical (unpaired) electrons. The van der Waals surface area contributed by atoms with Crippen LogP contribution in [0.2, 0.25) is 0 Å². The number of aliphatic hydroxyl groups is 1. The third-order valence-electron chi connectivity index (χ3n) is 3.24. The molecule has 126 valence electrons. The Bertz CT molecular complexity index is 570. The van der Waals surface area contributed by atoms with Gasteiger partial charge in [0.1, 0.15) is 11.7 Å². The standard InChI is InChI=1S/C18H24F2N2O/c1-3-14-10-15(12-22-11-14)17(13-21-2)18(20)7-5-4-6-16(19)8-9-23/h4,6-8,10-11,13,21-23H,3,5,9,12H2,1-2H3/b6-4-,16-8-,17-13+,18-7+. The van der Waals surface area contributed by atoms with Crippen LogP contribution in [0.4, 0.5) is 8.78 Å². The fourth-order valence-corrected chi connectivity index (χ4v) is 2.06. The van der Waals surface area contributed by atoms with Crippen molar-refractivity contribution in [1.29, 1.82) is 0 Å². The van der Waals surface area contributed by atoms with Crippen LogP contribution in [0.15, 0.2) is 71.2 Å². The first-order valence-electron chi connectivity index (χ1n) is 7.62. The summed E-state index contributed by atoms with van der Waals surface area (Å²) in [6.07, 6.45) is 11.8. The average molecular weight is 322 g/mol. The predicted octanol–water partition coefficient (Wildman–Crippen LogP) is 3.56. The van der Waals surface area contributed by atoms with Gasteiger partial charge in [0.15, 0.2) is 0 Å². The average Bonchev–Trinajstić information content (AvgIpc) is 2.56. The molecule has 0 fully saturated rings. The molecule has 1 rings (SSSR count). The van der Waals surface area contributed by atoms with E-state index in [9.17, 15) is 8.78 Å². The lowest BCUT2D eigenvalue weighted by Crippen LogP contribution is -2.17. The van der Waals surface area contributed by atoms with E-state index < -0.39 is 5.83 Å². The van der Waals surface area contributed by atoms with Crippen molar-refractivity contribution in [3.05, 3.63) is 71.2 Å². The van der Waals surface area contributed by atoms with Gasteiger partial charge in [-0.1, -0.05) is 19.1 Å². The van der Waals surface area contributed by atoms with Gasteiger partial charge in [-0.05, 0) is 48.4 Å². The summed E-state index contributed by atoms with van der Waals surface area (Å²) in [7, 11) is 1.72. The zero-order chi connectivity index (χ0) is 17.1. The second-order valence-electron chi connectivity index (χ2n) is 4.93. The fourth-order valence-electron chi connectivity index (χ4n) is 2.06. The summed E-state index contributed by atoms with van der Waals surface area (Å²) in [4.78, 5) is 0. The molecule has 3 nitrogen and oxygen atoms in total. The molecule has 0 saturated heterocycles. The van der Waals surface area contributed by atoms with Crippen molar-refractivity contribution < 1.29 is 13.9 Å². The molecular weight excluding hydrogens is 298 g/mol. The van der Waals surface area contributed by atoms with Gasteiger partial charge in [-0.3, -0.25) is 0 Å². The Hall–Kier alpha value is -2.14. The molecule has 23 heavy (non-hydrogen) atoms. The third-order valence-corrected chi connectivity index (χ3v) is 3.24. The summed E-state index contributed by atoms with van der Waals surface area (Å²) in [6.45, 7) is 2.24. The van der Waals surface area contributed by atoms with E-state index in [0.717, 1.165) is 23.6 Å². The van der Waals surface area contributed by atoms with Gasteiger partial charge in [-0.25, -0.2) is 8.78 Å². The largest absolute Gasteiger partial charge is 0.393 e. The highest BCUT2D eigenvalue weighted by atomic mass is 19.1. The first-order chi connectivity index (χ1) is 11.1. The van der Waals surface area contributed by atoms with Crippen LogP contribution < -0.4 is 10.6 Å². The maximum Gasteiger partial charge on any atom is 0.128 e. The molecule has 0 aromatic carbocycles. The van der Waals surface area contributed by atoms with Gasteiger partial charge < -0.3 is 15.7 Å². The molecule has 5 heteroatoms. The second-order valence-corrected chi connectivity index (χ2v) is 4.93. The van der Waals surface area contributed by atoms with Crippen molar-refractivity contribution in [2.24, 2.45) is 0 Å². The zero-order valence-corrected chi connectivity index (χ0v) is 13.6. The minimum Gasteiger partial charge on any atom is -0.393 e. The molecular formula is C18H24F2N2O. The van der Waals surface area contributed by atoms with E-state index in [-0.39, 0.29) is 18.9 Å². The minimum atomic E-state index is -0.538. The van der Waals surface area contributed by atoms with Crippen LogP contribution in [0, 0.1) is 0 Å². The van der Waals surface area contributed by atoms with Gasteiger partial charge in [0.05, 0.1) is 6.61 Å². The number of allylic oxidation sites excluding steroid dienone is 7. The number of dihydropyridines is 1. The van der Waals surface area contributed by atoms with E-state index >= 15 is 0 Å². The van der Waals surface area contributed by atoms with E-state index in [2.05, 4.69) is 10.6 Å². The molecule has 3 N–H and O–H groups in total. The van der Waals surface area contributed by atoms with E-state index in [0.29, 0.717) is 12.1 Å². The topological polar surface area (TPSA) is 44.3 Å². The predicted molar refractivity (Wildman–Crippen MR) is 90.8 cm³/mol. The summed E-state index contributed by atoms with van der Waals surface area (Å²) in [5.74, 6) is -0.898. The van der Waals surface area contributed by atoms with Crippen LogP contribution in [0.5, 0.6) is 0 Å². The molecule has 0 saturated carbocycles. The van der Waals surface area contributed by atoms with Crippen LogP contribution >= 0.6 is 0 Å². The molecule has 0 bridgehead atoms. The lowest BCUT2D eigenvalue weighted by atomic mass is 9.99. The normalized spacial score (nSPS) is 17.0. The first kappa shape index (κ1) is 18.9. The van der Waals surface area contributed by atoms with Crippen molar-refractivity contribution in [2.45, 2.75) is 19.8 Å². The second kappa shape index (κ2) is 10.6. The Kier molecular flexibility index (Phi) is 8.68. The van der Waals surface area contributed by atoms with Crippen LogP contribution in [-0.4, -0.2) is 25.3 Å². The summed E-state index contributed by atoms with van der Waals surface area (Å²) in [6, 6.07) is 0. The number of hydrogen-bond donors (Lipinski definition) is 3. The van der Waals surface area contributed by atoms with Crippen LogP contribution in [0.25, 0.3) is 0 Å². The summed E-state index contributed by atoms with van der Waals surface area (Å²) >= 11 is 0. The maximum absolute atomic E-state index is 14.4. The Morgan fingerprint density at radius 1 is 1.39 bits per heavy atom. The molecule has 1 aliphatic rings. The Balaban J connectivity index is 2.83. The first-order valence-corrected chi connectivity index (χ1v) is 7.62. The number of halogens is 2. The molecule has 0 aromatic rings. The van der Waals surface area contributed by atoms with Crippen molar-refractivity contribution in [1.82, 2.24) is 10.6 Å². The molecule has 0 aromatic heterocycles. The molecule has 0 unspecified atom stereocenters. The zero-order valence-electron chi connectivity index (χ0n) is 13.6. The van der Waals surface area contributed by atoms with Gasteiger partial charge in [-0.15, -0.1) is 0 Å². The van der Waals surface area contributed by atoms with E-state index in [1.54, 1.807) is 13.2 Å². The van der Waals surface area contributed by atoms with Gasteiger partial charge in [0, 0.05) is 25.4 Å². The summed E-state index contributed by atoms with van der Waals surface area (Å²) in [5.41, 5.74) is 2.46. The smallest absolute Gasteiger partial charge is 0.128 e. The minimum absolute atomic E-state index is 0.261. The van der Waals surface area contributed by atoms with E-state index in [1.165, 1.54) is 18.2 Å². The highest BCUT2D eigenvalue weighted by Gasteiger charge is 2.13. The van der Waals surface area contributed by atoms with Crippen molar-refractivity contribution in [2.75, 3.05) is 20.2 Å². The van der Waals surface area contributed by atoms with Crippen LogP contribution in [0.3, 0.4) is 0 Å². The van der Waals surface area contributed by atoms with E-state index in [1.807, 2.05) is 19.2 Å².